The van der Waals surface area contributed by atoms with Crippen LogP contribution >= 0.6 is 0 Å². The zero-order chi connectivity index (χ0) is 34.6. The number of nitrogens with one attached hydrogen (secondary N) is 1. The number of aryl methyl sites for hydroxylation is 1. The number of benzene rings is 1. The highest BCUT2D eigenvalue weighted by Gasteiger charge is 2.69. The summed E-state index contributed by atoms with van der Waals surface area (Å²) in [5.74, 6) is -6.68. The molecule has 1 aromatic rings. The second kappa shape index (κ2) is 14.8. The van der Waals surface area contributed by atoms with Gasteiger partial charge in [0.15, 0.2) is 11.7 Å². The highest BCUT2D eigenvalue weighted by atomic mass is 32.2. The van der Waals surface area contributed by atoms with Gasteiger partial charge in [-0.1, -0.05) is 31.5 Å². The van der Waals surface area contributed by atoms with Crippen LogP contribution in [0.1, 0.15) is 58.4 Å². The summed E-state index contributed by atoms with van der Waals surface area (Å²) in [7, 11) is -5.11. The third kappa shape index (κ3) is 6.99. The molecular formula is C30H46N8O7S. The van der Waals surface area contributed by atoms with E-state index in [2.05, 4.69) is 10.3 Å². The lowest BCUT2D eigenvalue weighted by atomic mass is 9.80. The van der Waals surface area contributed by atoms with Crippen LogP contribution in [0.5, 0.6) is 0 Å². The molecule has 46 heavy (non-hydrogen) atoms. The van der Waals surface area contributed by atoms with Crippen molar-refractivity contribution in [1.82, 2.24) is 15.1 Å². The van der Waals surface area contributed by atoms with E-state index in [4.69, 9.17) is 22.9 Å². The second-order valence-corrected chi connectivity index (χ2v) is 14.4. The van der Waals surface area contributed by atoms with Crippen molar-refractivity contribution >= 4 is 45.2 Å². The van der Waals surface area contributed by atoms with Gasteiger partial charge in [0, 0.05) is 20.0 Å². The van der Waals surface area contributed by atoms with Crippen molar-refractivity contribution < 1.29 is 32.4 Å². The van der Waals surface area contributed by atoms with Gasteiger partial charge in [-0.05, 0) is 63.6 Å². The highest BCUT2D eigenvalue weighted by Crippen LogP contribution is 2.41. The van der Waals surface area contributed by atoms with Crippen molar-refractivity contribution in [1.29, 1.82) is 0 Å². The number of rotatable bonds is 13. The molecular weight excluding hydrogens is 616 g/mol. The molecule has 0 spiro atoms. The quantitative estimate of drug-likeness (QED) is 0.0715. The second-order valence-electron chi connectivity index (χ2n) is 12.2. The summed E-state index contributed by atoms with van der Waals surface area (Å²) in [6, 6.07) is 0.285. The van der Waals surface area contributed by atoms with E-state index in [1.54, 1.807) is 20.8 Å². The third-order valence-electron chi connectivity index (χ3n) is 8.50. The van der Waals surface area contributed by atoms with Crippen LogP contribution in [-0.4, -0.2) is 102 Å². The lowest BCUT2D eigenvalue weighted by Gasteiger charge is -2.46. The van der Waals surface area contributed by atoms with Crippen molar-refractivity contribution in [2.75, 3.05) is 19.6 Å². The van der Waals surface area contributed by atoms with Crippen LogP contribution in [0.2, 0.25) is 0 Å². The highest BCUT2D eigenvalue weighted by molar-refractivity contribution is 7.94. The fourth-order valence-electron chi connectivity index (χ4n) is 6.28. The van der Waals surface area contributed by atoms with E-state index in [-0.39, 0.29) is 49.6 Å². The van der Waals surface area contributed by atoms with Crippen LogP contribution < -0.4 is 28.3 Å². The van der Waals surface area contributed by atoms with E-state index in [1.165, 1.54) is 24.3 Å². The monoisotopic (exact) mass is 662 g/mol. The number of imide groups is 3. The fraction of sp³-hybridized carbons (Fsp3) is 0.600. The number of nitrogens with zero attached hydrogens (tertiary/aromatic N) is 3. The number of guanidine groups is 1. The molecule has 2 heterocycles. The molecule has 0 radical (unpaired) electrons. The van der Waals surface area contributed by atoms with Crippen molar-refractivity contribution in [3.63, 3.8) is 0 Å². The Morgan fingerprint density at radius 1 is 1.13 bits per heavy atom. The van der Waals surface area contributed by atoms with Gasteiger partial charge in [-0.2, -0.15) is 0 Å². The molecule has 2 aliphatic heterocycles. The van der Waals surface area contributed by atoms with Crippen LogP contribution in [0.3, 0.4) is 0 Å². The van der Waals surface area contributed by atoms with Gasteiger partial charge in [-0.3, -0.25) is 29.0 Å². The minimum atomic E-state index is -5.11. The first-order valence-corrected chi connectivity index (χ1v) is 16.8. The maximum absolute atomic E-state index is 15.1. The molecule has 0 saturated carbocycles. The van der Waals surface area contributed by atoms with E-state index in [0.29, 0.717) is 18.5 Å². The van der Waals surface area contributed by atoms with Crippen LogP contribution in [0.25, 0.3) is 0 Å². The first kappa shape index (κ1) is 36.7. The molecule has 254 valence electrons. The van der Waals surface area contributed by atoms with Crippen molar-refractivity contribution in [2.45, 2.75) is 93.6 Å². The lowest BCUT2D eigenvalue weighted by molar-refractivity contribution is -0.157. The Morgan fingerprint density at radius 3 is 2.24 bits per heavy atom. The normalized spacial score (nSPS) is 21.0. The van der Waals surface area contributed by atoms with Crippen LogP contribution in [-0.2, 0) is 33.8 Å². The van der Waals surface area contributed by atoms with Crippen molar-refractivity contribution in [2.24, 2.45) is 33.8 Å². The number of carbonyl (C=O) groups excluding carboxylic acids is 5. The Morgan fingerprint density at radius 2 is 1.76 bits per heavy atom. The Hall–Kier alpha value is -3.73. The summed E-state index contributed by atoms with van der Waals surface area (Å²) < 4.78 is 27.1. The fourth-order valence-corrected chi connectivity index (χ4v) is 8.59. The van der Waals surface area contributed by atoms with E-state index in [9.17, 15) is 19.2 Å². The molecule has 2 saturated heterocycles. The van der Waals surface area contributed by atoms with Gasteiger partial charge in [0.05, 0.1) is 29.1 Å². The standard InChI is InChI=1S/C30H46N8O7S/c1-17(2)24(37-16-13-22(32)26(37)41)30(25(40)23-8-6-14-35-23,46(44,45)20-11-9-18(3)10-12-20)28(43)38(19(4)39)27(42)21(31)7-5-15-36-29(33)34/h9-12,17,21-24,35H,5-8,13-16,31-32H2,1-4H3,(H4,33,34,36)/t21-,22?,23-,24?,30-/m0/s1. The minimum absolute atomic E-state index is 0.0506. The van der Waals surface area contributed by atoms with Crippen molar-refractivity contribution in [3.8, 4) is 0 Å². The van der Waals surface area contributed by atoms with Gasteiger partial charge < -0.3 is 33.2 Å². The van der Waals surface area contributed by atoms with Gasteiger partial charge in [-0.25, -0.2) is 13.3 Å². The average Bonchev–Trinajstić information content (AvgIpc) is 3.63. The number of hydrogen-bond acceptors (Lipinski definition) is 11. The smallest absolute Gasteiger partial charge is 0.267 e. The largest absolute Gasteiger partial charge is 0.370 e. The minimum Gasteiger partial charge on any atom is -0.370 e. The number of ketones is 1. The zero-order valence-electron chi connectivity index (χ0n) is 26.8. The number of Topliss-reactive ketones (excluding diaryl/α,β-unsaturated/α-hetero) is 1. The molecule has 1 aromatic carbocycles. The number of amides is 4. The van der Waals surface area contributed by atoms with Gasteiger partial charge in [-0.15, -0.1) is 0 Å². The first-order valence-electron chi connectivity index (χ1n) is 15.3. The van der Waals surface area contributed by atoms with Crippen LogP contribution in [0.15, 0.2) is 34.2 Å². The molecule has 2 aliphatic rings. The predicted octanol–water partition coefficient (Wildman–Crippen LogP) is -1.30. The summed E-state index contributed by atoms with van der Waals surface area (Å²) in [5, 5.41) is 2.98. The van der Waals surface area contributed by atoms with E-state index in [0.717, 1.165) is 11.8 Å². The number of hydrogen-bond donors (Lipinski definition) is 5. The van der Waals surface area contributed by atoms with Gasteiger partial charge in [0.1, 0.15) is 0 Å². The van der Waals surface area contributed by atoms with Crippen LogP contribution in [0.4, 0.5) is 0 Å². The first-order chi connectivity index (χ1) is 21.5. The Bertz CT molecular complexity index is 1470. The summed E-state index contributed by atoms with van der Waals surface area (Å²) in [4.78, 5) is 75.3. The molecule has 0 aromatic heterocycles. The van der Waals surface area contributed by atoms with E-state index in [1.807, 2.05) is 0 Å². The number of likely N-dealkylation sites (tertiary alicyclic amines) is 1. The van der Waals surface area contributed by atoms with Gasteiger partial charge in [0.2, 0.25) is 26.4 Å². The molecule has 3 rings (SSSR count). The van der Waals surface area contributed by atoms with Crippen LogP contribution in [0, 0.1) is 12.8 Å². The average molecular weight is 663 g/mol. The maximum Gasteiger partial charge on any atom is 0.267 e. The number of aliphatic imine (C=N–C) groups is 1. The lowest BCUT2D eigenvalue weighted by Crippen LogP contribution is -2.74. The predicted molar refractivity (Wildman–Crippen MR) is 170 cm³/mol. The molecule has 5 atom stereocenters. The number of sulfone groups is 1. The Kier molecular flexibility index (Phi) is 11.8. The molecule has 0 bridgehead atoms. The maximum atomic E-state index is 15.1. The SMILES string of the molecule is CC(=O)N(C(=O)[C@@H](N)CCCN=C(N)N)C(=O)[C@@](C(=O)[C@@H]1CCCN1)(C(C(C)C)N1CCC(N)C1=O)S(=O)(=O)c1ccc(C)cc1. The Balaban J connectivity index is 2.37. The molecule has 9 N–H and O–H groups in total. The molecule has 2 unspecified atom stereocenters. The topological polar surface area (TPSA) is 254 Å². The van der Waals surface area contributed by atoms with Gasteiger partial charge in [0.25, 0.3) is 11.8 Å². The molecule has 2 fully saturated rings. The zero-order valence-corrected chi connectivity index (χ0v) is 27.6. The number of carbonyl (C=O) groups is 5. The summed E-state index contributed by atoms with van der Waals surface area (Å²) >= 11 is 0. The summed E-state index contributed by atoms with van der Waals surface area (Å²) in [6.07, 6.45) is 0.949. The molecule has 15 nitrogen and oxygen atoms in total. The van der Waals surface area contributed by atoms with E-state index >= 15 is 13.2 Å². The molecule has 16 heteroatoms. The Labute approximate surface area is 269 Å². The van der Waals surface area contributed by atoms with E-state index < -0.39 is 79.0 Å². The summed E-state index contributed by atoms with van der Waals surface area (Å²) in [6.45, 7) is 6.19. The number of nitrogens with two attached hydrogens (primary N) is 4. The van der Waals surface area contributed by atoms with Gasteiger partial charge >= 0.3 is 0 Å². The summed E-state index contributed by atoms with van der Waals surface area (Å²) in [5.41, 5.74) is 23.6. The third-order valence-corrected chi connectivity index (χ3v) is 10.9. The molecule has 0 aliphatic carbocycles. The van der Waals surface area contributed by atoms with Crippen molar-refractivity contribution in [3.05, 3.63) is 29.8 Å². The molecule has 4 amide bonds.